The standard InChI is InChI=1S/C12H15N3O2/c1-3-17-11(16)7-9-12(13)15-8(2)5-4-6-10(15)14-9/h4-6H,3,7,13H2,1-2H3. The van der Waals surface area contributed by atoms with Crippen LogP contribution in [0.25, 0.3) is 5.65 Å². The number of hydrogen-bond acceptors (Lipinski definition) is 4. The van der Waals surface area contributed by atoms with Crippen molar-refractivity contribution in [1.29, 1.82) is 0 Å². The Hall–Kier alpha value is -2.04. The molecule has 0 aliphatic heterocycles. The Kier molecular flexibility index (Phi) is 2.99. The highest BCUT2D eigenvalue weighted by molar-refractivity contribution is 5.74. The van der Waals surface area contributed by atoms with Gasteiger partial charge in [-0.15, -0.1) is 0 Å². The monoisotopic (exact) mass is 233 g/mol. The summed E-state index contributed by atoms with van der Waals surface area (Å²) in [7, 11) is 0. The third-order valence-electron chi connectivity index (χ3n) is 2.57. The van der Waals surface area contributed by atoms with E-state index in [9.17, 15) is 4.79 Å². The zero-order valence-electron chi connectivity index (χ0n) is 9.93. The quantitative estimate of drug-likeness (QED) is 0.812. The molecular formula is C12H15N3O2. The summed E-state index contributed by atoms with van der Waals surface area (Å²) in [6, 6.07) is 5.71. The summed E-state index contributed by atoms with van der Waals surface area (Å²) in [6.07, 6.45) is 0.112. The lowest BCUT2D eigenvalue weighted by Gasteiger charge is -2.02. The van der Waals surface area contributed by atoms with Crippen LogP contribution >= 0.6 is 0 Å². The summed E-state index contributed by atoms with van der Waals surface area (Å²) in [5, 5.41) is 0. The summed E-state index contributed by atoms with van der Waals surface area (Å²) in [5.74, 6) is 0.200. The van der Waals surface area contributed by atoms with Gasteiger partial charge in [0.1, 0.15) is 11.5 Å². The predicted octanol–water partition coefficient (Wildman–Crippen LogP) is 1.33. The van der Waals surface area contributed by atoms with E-state index in [0.29, 0.717) is 18.1 Å². The molecule has 2 aromatic heterocycles. The summed E-state index contributed by atoms with van der Waals surface area (Å²) >= 11 is 0. The van der Waals surface area contributed by atoms with Crippen LogP contribution in [0.4, 0.5) is 5.82 Å². The van der Waals surface area contributed by atoms with E-state index in [1.807, 2.05) is 29.5 Å². The SMILES string of the molecule is CCOC(=O)Cc1nc2cccc(C)n2c1N. The van der Waals surface area contributed by atoms with Crippen molar-refractivity contribution in [2.24, 2.45) is 0 Å². The van der Waals surface area contributed by atoms with Crippen molar-refractivity contribution < 1.29 is 9.53 Å². The summed E-state index contributed by atoms with van der Waals surface area (Å²) in [5.41, 5.74) is 8.28. The fourth-order valence-electron chi connectivity index (χ4n) is 1.81. The zero-order valence-corrected chi connectivity index (χ0v) is 9.93. The van der Waals surface area contributed by atoms with E-state index < -0.39 is 0 Å². The Morgan fingerprint density at radius 3 is 2.94 bits per heavy atom. The Bertz CT molecular complexity index is 560. The number of nitrogen functional groups attached to an aromatic ring is 1. The van der Waals surface area contributed by atoms with E-state index in [4.69, 9.17) is 10.5 Å². The van der Waals surface area contributed by atoms with Gasteiger partial charge in [0.15, 0.2) is 0 Å². The first kappa shape index (κ1) is 11.4. The van der Waals surface area contributed by atoms with E-state index in [1.165, 1.54) is 0 Å². The van der Waals surface area contributed by atoms with Crippen molar-refractivity contribution in [2.75, 3.05) is 12.3 Å². The number of hydrogen-bond donors (Lipinski definition) is 1. The summed E-state index contributed by atoms with van der Waals surface area (Å²) in [6.45, 7) is 4.08. The number of esters is 1. The van der Waals surface area contributed by atoms with Crippen LogP contribution in [-0.4, -0.2) is 22.0 Å². The largest absolute Gasteiger partial charge is 0.466 e. The molecule has 0 radical (unpaired) electrons. The topological polar surface area (TPSA) is 69.6 Å². The van der Waals surface area contributed by atoms with Crippen LogP contribution in [-0.2, 0) is 16.0 Å². The van der Waals surface area contributed by atoms with E-state index in [-0.39, 0.29) is 12.4 Å². The molecule has 17 heavy (non-hydrogen) atoms. The van der Waals surface area contributed by atoms with Gasteiger partial charge in [-0.05, 0) is 26.0 Å². The molecule has 2 rings (SSSR count). The van der Waals surface area contributed by atoms with Gasteiger partial charge in [0.2, 0.25) is 0 Å². The first-order valence-corrected chi connectivity index (χ1v) is 5.51. The Morgan fingerprint density at radius 2 is 2.29 bits per heavy atom. The lowest BCUT2D eigenvalue weighted by Crippen LogP contribution is -2.09. The van der Waals surface area contributed by atoms with Gasteiger partial charge in [0.25, 0.3) is 0 Å². The van der Waals surface area contributed by atoms with E-state index >= 15 is 0 Å². The molecular weight excluding hydrogens is 218 g/mol. The molecule has 0 saturated heterocycles. The molecule has 90 valence electrons. The average Bonchev–Trinajstić information content (AvgIpc) is 2.57. The second-order valence-corrected chi connectivity index (χ2v) is 3.79. The van der Waals surface area contributed by atoms with Crippen LogP contribution in [0, 0.1) is 6.92 Å². The maximum atomic E-state index is 11.4. The normalized spacial score (nSPS) is 10.7. The number of ether oxygens (including phenoxy) is 1. The first-order valence-electron chi connectivity index (χ1n) is 5.51. The van der Waals surface area contributed by atoms with Crippen LogP contribution < -0.4 is 5.73 Å². The highest BCUT2D eigenvalue weighted by Crippen LogP contribution is 2.17. The van der Waals surface area contributed by atoms with Crippen LogP contribution in [0.2, 0.25) is 0 Å². The molecule has 0 aromatic carbocycles. The fraction of sp³-hybridized carbons (Fsp3) is 0.333. The van der Waals surface area contributed by atoms with Crippen molar-refractivity contribution in [3.63, 3.8) is 0 Å². The van der Waals surface area contributed by atoms with Crippen molar-refractivity contribution in [2.45, 2.75) is 20.3 Å². The second kappa shape index (κ2) is 4.45. The zero-order chi connectivity index (χ0) is 12.4. The first-order chi connectivity index (χ1) is 8.13. The molecule has 2 aromatic rings. The lowest BCUT2D eigenvalue weighted by atomic mass is 10.3. The Balaban J connectivity index is 2.39. The van der Waals surface area contributed by atoms with Crippen LogP contribution in [0.5, 0.6) is 0 Å². The molecule has 0 bridgehead atoms. The van der Waals surface area contributed by atoms with Crippen molar-refractivity contribution in [3.05, 3.63) is 29.6 Å². The molecule has 2 N–H and O–H groups in total. The summed E-state index contributed by atoms with van der Waals surface area (Å²) < 4.78 is 6.71. The third kappa shape index (κ3) is 2.08. The molecule has 5 nitrogen and oxygen atoms in total. The number of nitrogens with two attached hydrogens (primary N) is 1. The van der Waals surface area contributed by atoms with Gasteiger partial charge in [0.05, 0.1) is 18.7 Å². The number of anilines is 1. The smallest absolute Gasteiger partial charge is 0.312 e. The highest BCUT2D eigenvalue weighted by atomic mass is 16.5. The number of aryl methyl sites for hydroxylation is 1. The van der Waals surface area contributed by atoms with Crippen LogP contribution in [0.1, 0.15) is 18.3 Å². The number of rotatable bonds is 3. The molecule has 0 unspecified atom stereocenters. The molecule has 0 aliphatic carbocycles. The van der Waals surface area contributed by atoms with Gasteiger partial charge in [-0.2, -0.15) is 0 Å². The molecule has 5 heteroatoms. The number of carbonyl (C=O) groups is 1. The van der Waals surface area contributed by atoms with E-state index in [0.717, 1.165) is 11.3 Å². The van der Waals surface area contributed by atoms with Crippen LogP contribution in [0.3, 0.4) is 0 Å². The second-order valence-electron chi connectivity index (χ2n) is 3.79. The minimum atomic E-state index is -0.305. The number of imidazole rings is 1. The number of fused-ring (bicyclic) bond motifs is 1. The van der Waals surface area contributed by atoms with Crippen molar-refractivity contribution >= 4 is 17.4 Å². The number of aromatic nitrogens is 2. The van der Waals surface area contributed by atoms with Gasteiger partial charge < -0.3 is 10.5 Å². The molecule has 0 saturated carbocycles. The van der Waals surface area contributed by atoms with Gasteiger partial charge in [0, 0.05) is 5.69 Å². The highest BCUT2D eigenvalue weighted by Gasteiger charge is 2.14. The van der Waals surface area contributed by atoms with Crippen molar-refractivity contribution in [1.82, 2.24) is 9.38 Å². The summed E-state index contributed by atoms with van der Waals surface area (Å²) in [4.78, 5) is 15.7. The minimum absolute atomic E-state index is 0.112. The maximum absolute atomic E-state index is 11.4. The molecule has 2 heterocycles. The van der Waals surface area contributed by atoms with Crippen molar-refractivity contribution in [3.8, 4) is 0 Å². The van der Waals surface area contributed by atoms with Crippen LogP contribution in [0.15, 0.2) is 18.2 Å². The molecule has 0 spiro atoms. The Labute approximate surface area is 99.2 Å². The third-order valence-corrected chi connectivity index (χ3v) is 2.57. The average molecular weight is 233 g/mol. The van der Waals surface area contributed by atoms with Gasteiger partial charge in [-0.3, -0.25) is 9.20 Å². The predicted molar refractivity (Wildman–Crippen MR) is 64.7 cm³/mol. The molecule has 0 aliphatic rings. The molecule has 0 atom stereocenters. The van der Waals surface area contributed by atoms with E-state index in [1.54, 1.807) is 6.92 Å². The molecule has 0 fully saturated rings. The number of pyridine rings is 1. The molecule has 0 amide bonds. The van der Waals surface area contributed by atoms with E-state index in [2.05, 4.69) is 4.98 Å². The minimum Gasteiger partial charge on any atom is -0.466 e. The fourth-order valence-corrected chi connectivity index (χ4v) is 1.81. The number of carbonyl (C=O) groups excluding carboxylic acids is 1. The van der Waals surface area contributed by atoms with Gasteiger partial charge >= 0.3 is 5.97 Å². The van der Waals surface area contributed by atoms with Gasteiger partial charge in [-0.25, -0.2) is 4.98 Å². The Morgan fingerprint density at radius 1 is 1.53 bits per heavy atom. The maximum Gasteiger partial charge on any atom is 0.312 e. The number of nitrogens with zero attached hydrogens (tertiary/aromatic N) is 2. The lowest BCUT2D eigenvalue weighted by molar-refractivity contribution is -0.142. The van der Waals surface area contributed by atoms with Gasteiger partial charge in [-0.1, -0.05) is 6.07 Å².